The molecule has 64 valence electrons. The normalized spacial score (nSPS) is 10.2. The first kappa shape index (κ1) is 8.32. The van der Waals surface area contributed by atoms with Gasteiger partial charge in [0, 0.05) is 16.4 Å². The molecule has 0 bridgehead atoms. The molecule has 0 amide bonds. The van der Waals surface area contributed by atoms with E-state index in [0.29, 0.717) is 0 Å². The predicted octanol–water partition coefficient (Wildman–Crippen LogP) is 2.97. The van der Waals surface area contributed by atoms with Crippen LogP contribution >= 0.6 is 12.2 Å². The number of nitrogens with zero attached hydrogens (tertiary/aromatic N) is 1. The van der Waals surface area contributed by atoms with Crippen LogP contribution in [-0.2, 0) is 0 Å². The summed E-state index contributed by atoms with van der Waals surface area (Å²) < 4.78 is 0. The van der Waals surface area contributed by atoms with Gasteiger partial charge in [-0.3, -0.25) is 4.98 Å². The summed E-state index contributed by atoms with van der Waals surface area (Å²) >= 11 is 5.16. The molecular weight excluding hydrogens is 178 g/mol. The van der Waals surface area contributed by atoms with Crippen molar-refractivity contribution in [3.63, 3.8) is 0 Å². The number of fused-ring (bicyclic) bond motifs is 1. The lowest BCUT2D eigenvalue weighted by Crippen LogP contribution is -1.92. The van der Waals surface area contributed by atoms with E-state index in [-0.39, 0.29) is 0 Å². The molecular formula is C11H9NS. The van der Waals surface area contributed by atoms with Crippen LogP contribution in [0.5, 0.6) is 0 Å². The molecule has 0 saturated heterocycles. The average Bonchev–Trinajstić information content (AvgIpc) is 2.17. The molecule has 1 aromatic carbocycles. The Morgan fingerprint density at radius 1 is 1.23 bits per heavy atom. The second-order valence-electron chi connectivity index (χ2n) is 2.93. The molecule has 0 spiro atoms. The van der Waals surface area contributed by atoms with Crippen molar-refractivity contribution in [2.75, 3.05) is 0 Å². The summed E-state index contributed by atoms with van der Waals surface area (Å²) in [5, 5.41) is 1.14. The van der Waals surface area contributed by atoms with E-state index in [1.165, 1.54) is 0 Å². The summed E-state index contributed by atoms with van der Waals surface area (Å²) in [7, 11) is 0. The van der Waals surface area contributed by atoms with Crippen molar-refractivity contribution in [3.8, 4) is 0 Å². The Hall–Kier alpha value is -1.28. The predicted molar refractivity (Wildman–Crippen MR) is 59.1 cm³/mol. The molecule has 0 saturated carbocycles. The summed E-state index contributed by atoms with van der Waals surface area (Å²) in [6, 6.07) is 10.0. The zero-order valence-electron chi connectivity index (χ0n) is 7.32. The van der Waals surface area contributed by atoms with E-state index in [4.69, 9.17) is 12.2 Å². The molecule has 2 rings (SSSR count). The SMILES string of the molecule is CC(=S)c1cccc2ncccc12. The molecule has 2 aromatic rings. The van der Waals surface area contributed by atoms with Crippen molar-refractivity contribution in [2.24, 2.45) is 0 Å². The number of hydrogen-bond donors (Lipinski definition) is 0. The number of aromatic nitrogens is 1. The summed E-state index contributed by atoms with van der Waals surface area (Å²) in [4.78, 5) is 5.18. The molecule has 0 aliphatic carbocycles. The molecule has 0 radical (unpaired) electrons. The van der Waals surface area contributed by atoms with Crippen LogP contribution in [0.4, 0.5) is 0 Å². The highest BCUT2D eigenvalue weighted by molar-refractivity contribution is 7.80. The van der Waals surface area contributed by atoms with Crippen molar-refractivity contribution in [1.29, 1.82) is 0 Å². The van der Waals surface area contributed by atoms with Crippen molar-refractivity contribution in [2.45, 2.75) is 6.92 Å². The van der Waals surface area contributed by atoms with Crippen molar-refractivity contribution in [1.82, 2.24) is 4.98 Å². The standard InChI is InChI=1S/C11H9NS/c1-8(13)9-4-2-6-11-10(9)5-3-7-12-11/h2-7H,1H3. The van der Waals surface area contributed by atoms with Crippen LogP contribution in [0.2, 0.25) is 0 Å². The third-order valence-corrected chi connectivity index (χ3v) is 2.24. The van der Waals surface area contributed by atoms with Gasteiger partial charge in [-0.1, -0.05) is 30.4 Å². The molecule has 0 unspecified atom stereocenters. The fourth-order valence-electron chi connectivity index (χ4n) is 1.41. The summed E-state index contributed by atoms with van der Waals surface area (Å²) in [5.41, 5.74) is 2.12. The highest BCUT2D eigenvalue weighted by Gasteiger charge is 2.01. The van der Waals surface area contributed by atoms with Gasteiger partial charge in [-0.15, -0.1) is 0 Å². The van der Waals surface area contributed by atoms with Gasteiger partial charge in [0.15, 0.2) is 0 Å². The Bertz CT molecular complexity index is 457. The Morgan fingerprint density at radius 2 is 2.08 bits per heavy atom. The summed E-state index contributed by atoms with van der Waals surface area (Å²) in [6.07, 6.45) is 1.80. The van der Waals surface area contributed by atoms with Crippen LogP contribution in [0.15, 0.2) is 36.5 Å². The van der Waals surface area contributed by atoms with E-state index in [2.05, 4.69) is 4.98 Å². The first-order valence-electron chi connectivity index (χ1n) is 4.14. The van der Waals surface area contributed by atoms with Crippen LogP contribution in [0.25, 0.3) is 10.9 Å². The number of hydrogen-bond acceptors (Lipinski definition) is 2. The molecule has 0 aliphatic heterocycles. The van der Waals surface area contributed by atoms with Gasteiger partial charge < -0.3 is 0 Å². The van der Waals surface area contributed by atoms with Crippen LogP contribution < -0.4 is 0 Å². The van der Waals surface area contributed by atoms with Crippen molar-refractivity contribution >= 4 is 28.0 Å². The third kappa shape index (κ3) is 1.45. The maximum absolute atomic E-state index is 5.16. The highest BCUT2D eigenvalue weighted by Crippen LogP contribution is 2.16. The topological polar surface area (TPSA) is 12.9 Å². The molecule has 0 fully saturated rings. The smallest absolute Gasteiger partial charge is 0.0708 e. The maximum Gasteiger partial charge on any atom is 0.0708 e. The minimum Gasteiger partial charge on any atom is -0.256 e. The van der Waals surface area contributed by atoms with Gasteiger partial charge in [0.2, 0.25) is 0 Å². The van der Waals surface area contributed by atoms with E-state index in [1.807, 2.05) is 37.3 Å². The molecule has 0 N–H and O–H groups in total. The lowest BCUT2D eigenvalue weighted by molar-refractivity contribution is 1.41. The first-order chi connectivity index (χ1) is 6.29. The summed E-state index contributed by atoms with van der Waals surface area (Å²) in [6.45, 7) is 1.94. The Kier molecular flexibility index (Phi) is 2.07. The van der Waals surface area contributed by atoms with Gasteiger partial charge >= 0.3 is 0 Å². The van der Waals surface area contributed by atoms with Crippen LogP contribution in [-0.4, -0.2) is 9.85 Å². The first-order valence-corrected chi connectivity index (χ1v) is 4.54. The molecule has 2 heteroatoms. The van der Waals surface area contributed by atoms with Crippen LogP contribution in [0.3, 0.4) is 0 Å². The average molecular weight is 187 g/mol. The molecule has 13 heavy (non-hydrogen) atoms. The van der Waals surface area contributed by atoms with Crippen LogP contribution in [0, 0.1) is 0 Å². The fourth-order valence-corrected chi connectivity index (χ4v) is 1.59. The largest absolute Gasteiger partial charge is 0.256 e. The van der Waals surface area contributed by atoms with Gasteiger partial charge in [0.1, 0.15) is 0 Å². The Balaban J connectivity index is 2.83. The molecule has 1 aromatic heterocycles. The minimum atomic E-state index is 0.915. The Morgan fingerprint density at radius 3 is 2.85 bits per heavy atom. The van der Waals surface area contributed by atoms with Crippen LogP contribution in [0.1, 0.15) is 12.5 Å². The number of benzene rings is 1. The van der Waals surface area contributed by atoms with Gasteiger partial charge in [0.05, 0.1) is 5.52 Å². The van der Waals surface area contributed by atoms with Crippen molar-refractivity contribution in [3.05, 3.63) is 42.1 Å². The van der Waals surface area contributed by atoms with Gasteiger partial charge in [-0.2, -0.15) is 0 Å². The fraction of sp³-hybridized carbons (Fsp3) is 0.0909. The van der Waals surface area contributed by atoms with E-state index >= 15 is 0 Å². The van der Waals surface area contributed by atoms with E-state index < -0.39 is 0 Å². The molecule has 1 nitrogen and oxygen atoms in total. The van der Waals surface area contributed by atoms with Crippen molar-refractivity contribution < 1.29 is 0 Å². The maximum atomic E-state index is 5.16. The second kappa shape index (κ2) is 3.23. The quantitative estimate of drug-likeness (QED) is 0.503. The van der Waals surface area contributed by atoms with Gasteiger partial charge in [-0.25, -0.2) is 0 Å². The zero-order valence-corrected chi connectivity index (χ0v) is 8.14. The van der Waals surface area contributed by atoms with Gasteiger partial charge in [0.25, 0.3) is 0 Å². The summed E-state index contributed by atoms with van der Waals surface area (Å²) in [5.74, 6) is 0. The van der Waals surface area contributed by atoms with Gasteiger partial charge in [-0.05, 0) is 24.6 Å². The zero-order chi connectivity index (χ0) is 9.26. The molecule has 1 heterocycles. The third-order valence-electron chi connectivity index (χ3n) is 2.02. The second-order valence-corrected chi connectivity index (χ2v) is 3.54. The van der Waals surface area contributed by atoms with E-state index in [0.717, 1.165) is 21.3 Å². The molecule has 0 atom stereocenters. The number of pyridine rings is 1. The highest BCUT2D eigenvalue weighted by atomic mass is 32.1. The number of thiocarbonyl (C=S) groups is 1. The van der Waals surface area contributed by atoms with E-state index in [9.17, 15) is 0 Å². The monoisotopic (exact) mass is 187 g/mol. The Labute approximate surface area is 82.4 Å². The lowest BCUT2D eigenvalue weighted by Gasteiger charge is -2.02. The van der Waals surface area contributed by atoms with E-state index in [1.54, 1.807) is 6.20 Å². The lowest BCUT2D eigenvalue weighted by atomic mass is 10.1. The molecule has 0 aliphatic rings. The number of rotatable bonds is 1. The minimum absolute atomic E-state index is 0.915.